The monoisotopic (exact) mass is 322 g/mol. The van der Waals surface area contributed by atoms with E-state index in [0.717, 1.165) is 11.1 Å². The van der Waals surface area contributed by atoms with Crippen molar-refractivity contribution in [1.82, 2.24) is 10.5 Å². The molecule has 1 atom stereocenters. The van der Waals surface area contributed by atoms with E-state index >= 15 is 0 Å². The molecule has 0 saturated heterocycles. The standard InChI is InChI=1S/C19H18N2O3/c22-17-8-6-14(7-9-17)12-18(15-4-2-1-3-5-15)19(23)20-13-16-10-11-24-21-16/h1-11,18,22H,12-13H2,(H,20,23). The second-order valence-corrected chi connectivity index (χ2v) is 5.54. The predicted molar refractivity (Wildman–Crippen MR) is 89.3 cm³/mol. The predicted octanol–water partition coefficient (Wildman–Crippen LogP) is 3.02. The molecule has 0 bridgehead atoms. The minimum absolute atomic E-state index is 0.0720. The molecule has 1 unspecified atom stereocenters. The summed E-state index contributed by atoms with van der Waals surface area (Å²) in [7, 11) is 0. The number of aromatic hydroxyl groups is 1. The molecule has 0 fully saturated rings. The molecule has 0 aliphatic rings. The first-order chi connectivity index (χ1) is 11.7. The van der Waals surface area contributed by atoms with Crippen molar-refractivity contribution in [2.75, 3.05) is 0 Å². The zero-order valence-electron chi connectivity index (χ0n) is 13.1. The van der Waals surface area contributed by atoms with Gasteiger partial charge in [0.15, 0.2) is 0 Å². The minimum atomic E-state index is -0.317. The van der Waals surface area contributed by atoms with Crippen molar-refractivity contribution < 1.29 is 14.4 Å². The summed E-state index contributed by atoms with van der Waals surface area (Å²) >= 11 is 0. The fraction of sp³-hybridized carbons (Fsp3) is 0.158. The van der Waals surface area contributed by atoms with Crippen LogP contribution in [-0.4, -0.2) is 16.2 Å². The van der Waals surface area contributed by atoms with E-state index in [0.29, 0.717) is 18.7 Å². The van der Waals surface area contributed by atoms with Gasteiger partial charge < -0.3 is 14.9 Å². The molecular weight excluding hydrogens is 304 g/mol. The van der Waals surface area contributed by atoms with Crippen LogP contribution < -0.4 is 5.32 Å². The first kappa shape index (κ1) is 15.8. The summed E-state index contributed by atoms with van der Waals surface area (Å²) < 4.78 is 4.77. The molecule has 5 nitrogen and oxygen atoms in total. The number of phenols is 1. The van der Waals surface area contributed by atoms with E-state index in [1.54, 1.807) is 18.2 Å². The third-order valence-corrected chi connectivity index (χ3v) is 3.83. The van der Waals surface area contributed by atoms with Crippen LogP contribution in [0.15, 0.2) is 71.4 Å². The molecule has 1 heterocycles. The summed E-state index contributed by atoms with van der Waals surface area (Å²) in [6.45, 7) is 0.328. The molecule has 0 saturated carbocycles. The Morgan fingerprint density at radius 2 is 1.83 bits per heavy atom. The average molecular weight is 322 g/mol. The Kier molecular flexibility index (Phi) is 4.91. The molecule has 0 spiro atoms. The maximum absolute atomic E-state index is 12.7. The Morgan fingerprint density at radius 1 is 1.08 bits per heavy atom. The van der Waals surface area contributed by atoms with Crippen LogP contribution in [0.25, 0.3) is 0 Å². The van der Waals surface area contributed by atoms with Crippen molar-refractivity contribution in [3.05, 3.63) is 83.7 Å². The summed E-state index contributed by atoms with van der Waals surface area (Å²) in [5, 5.41) is 16.1. The van der Waals surface area contributed by atoms with Crippen LogP contribution in [0.3, 0.4) is 0 Å². The zero-order valence-corrected chi connectivity index (χ0v) is 13.1. The highest BCUT2D eigenvalue weighted by Crippen LogP contribution is 2.22. The molecule has 24 heavy (non-hydrogen) atoms. The summed E-state index contributed by atoms with van der Waals surface area (Å²) in [6, 6.07) is 18.3. The number of rotatable bonds is 6. The summed E-state index contributed by atoms with van der Waals surface area (Å²) in [5.41, 5.74) is 2.61. The molecule has 2 aromatic carbocycles. The van der Waals surface area contributed by atoms with Gasteiger partial charge in [-0.25, -0.2) is 0 Å². The second-order valence-electron chi connectivity index (χ2n) is 5.54. The van der Waals surface area contributed by atoms with Gasteiger partial charge in [0.25, 0.3) is 0 Å². The van der Waals surface area contributed by atoms with E-state index in [1.807, 2.05) is 42.5 Å². The largest absolute Gasteiger partial charge is 0.508 e. The maximum atomic E-state index is 12.7. The molecule has 1 aromatic heterocycles. The molecule has 0 radical (unpaired) electrons. The van der Waals surface area contributed by atoms with E-state index < -0.39 is 0 Å². The summed E-state index contributed by atoms with van der Waals surface area (Å²) in [5.74, 6) is -0.176. The van der Waals surface area contributed by atoms with Crippen LogP contribution in [0.2, 0.25) is 0 Å². The molecular formula is C19H18N2O3. The SMILES string of the molecule is O=C(NCc1ccon1)C(Cc1ccc(O)cc1)c1ccccc1. The van der Waals surface area contributed by atoms with Crippen LogP contribution >= 0.6 is 0 Å². The Morgan fingerprint density at radius 3 is 2.50 bits per heavy atom. The number of hydrogen-bond acceptors (Lipinski definition) is 4. The highest BCUT2D eigenvalue weighted by Gasteiger charge is 2.21. The van der Waals surface area contributed by atoms with E-state index in [9.17, 15) is 9.90 Å². The summed E-state index contributed by atoms with van der Waals surface area (Å²) in [4.78, 5) is 12.7. The quantitative estimate of drug-likeness (QED) is 0.731. The fourth-order valence-corrected chi connectivity index (χ4v) is 2.54. The molecule has 2 N–H and O–H groups in total. The first-order valence-electron chi connectivity index (χ1n) is 7.72. The van der Waals surface area contributed by atoms with E-state index in [4.69, 9.17) is 4.52 Å². The highest BCUT2D eigenvalue weighted by molar-refractivity contribution is 5.83. The number of benzene rings is 2. The van der Waals surface area contributed by atoms with Crippen molar-refractivity contribution in [3.63, 3.8) is 0 Å². The molecule has 3 aromatic rings. The van der Waals surface area contributed by atoms with Gasteiger partial charge in [-0.3, -0.25) is 4.79 Å². The molecule has 3 rings (SSSR count). The first-order valence-corrected chi connectivity index (χ1v) is 7.72. The number of nitrogens with zero attached hydrogens (tertiary/aromatic N) is 1. The van der Waals surface area contributed by atoms with Gasteiger partial charge in [-0.1, -0.05) is 47.6 Å². The molecule has 1 amide bonds. The van der Waals surface area contributed by atoms with Crippen molar-refractivity contribution >= 4 is 5.91 Å². The van der Waals surface area contributed by atoms with E-state index in [-0.39, 0.29) is 17.6 Å². The van der Waals surface area contributed by atoms with Crippen LogP contribution in [0.5, 0.6) is 5.75 Å². The number of phenolic OH excluding ortho intramolecular Hbond substituents is 1. The Bertz CT molecular complexity index is 768. The van der Waals surface area contributed by atoms with Crippen LogP contribution in [0, 0.1) is 0 Å². The lowest BCUT2D eigenvalue weighted by Gasteiger charge is -2.17. The van der Waals surface area contributed by atoms with Gasteiger partial charge in [0.1, 0.15) is 17.7 Å². The van der Waals surface area contributed by atoms with Crippen molar-refractivity contribution in [1.29, 1.82) is 0 Å². The summed E-state index contributed by atoms with van der Waals surface area (Å²) in [6.07, 6.45) is 2.03. The van der Waals surface area contributed by atoms with Gasteiger partial charge in [-0.15, -0.1) is 0 Å². The highest BCUT2D eigenvalue weighted by atomic mass is 16.5. The minimum Gasteiger partial charge on any atom is -0.508 e. The fourth-order valence-electron chi connectivity index (χ4n) is 2.54. The number of carbonyl (C=O) groups excluding carboxylic acids is 1. The topological polar surface area (TPSA) is 75.4 Å². The molecule has 122 valence electrons. The maximum Gasteiger partial charge on any atom is 0.228 e. The van der Waals surface area contributed by atoms with Gasteiger partial charge in [-0.2, -0.15) is 0 Å². The van der Waals surface area contributed by atoms with Gasteiger partial charge in [0.2, 0.25) is 5.91 Å². The van der Waals surface area contributed by atoms with Gasteiger partial charge in [-0.05, 0) is 29.7 Å². The lowest BCUT2D eigenvalue weighted by atomic mass is 9.91. The lowest BCUT2D eigenvalue weighted by molar-refractivity contribution is -0.122. The number of nitrogens with one attached hydrogen (secondary N) is 1. The van der Waals surface area contributed by atoms with E-state index in [2.05, 4.69) is 10.5 Å². The average Bonchev–Trinajstić information content (AvgIpc) is 3.13. The number of hydrogen-bond donors (Lipinski definition) is 2. The molecule has 0 aliphatic carbocycles. The van der Waals surface area contributed by atoms with E-state index in [1.165, 1.54) is 6.26 Å². The van der Waals surface area contributed by atoms with Crippen molar-refractivity contribution in [2.24, 2.45) is 0 Å². The van der Waals surface area contributed by atoms with Gasteiger partial charge >= 0.3 is 0 Å². The zero-order chi connectivity index (χ0) is 16.8. The Hall–Kier alpha value is -3.08. The molecule has 0 aliphatic heterocycles. The second kappa shape index (κ2) is 7.46. The van der Waals surface area contributed by atoms with Gasteiger partial charge in [0, 0.05) is 6.07 Å². The third-order valence-electron chi connectivity index (χ3n) is 3.83. The smallest absolute Gasteiger partial charge is 0.228 e. The van der Waals surface area contributed by atoms with Gasteiger partial charge in [0.05, 0.1) is 12.5 Å². The lowest BCUT2D eigenvalue weighted by Crippen LogP contribution is -2.30. The molecule has 5 heteroatoms. The Balaban J connectivity index is 1.76. The van der Waals surface area contributed by atoms with Crippen LogP contribution in [-0.2, 0) is 17.8 Å². The number of amides is 1. The normalized spacial score (nSPS) is 11.8. The number of aromatic nitrogens is 1. The Labute approximate surface area is 139 Å². The van der Waals surface area contributed by atoms with Crippen molar-refractivity contribution in [3.8, 4) is 5.75 Å². The van der Waals surface area contributed by atoms with Crippen LogP contribution in [0.1, 0.15) is 22.7 Å². The van der Waals surface area contributed by atoms with Crippen LogP contribution in [0.4, 0.5) is 0 Å². The van der Waals surface area contributed by atoms with Crippen molar-refractivity contribution in [2.45, 2.75) is 18.9 Å². The number of carbonyl (C=O) groups is 1. The third kappa shape index (κ3) is 4.01.